The molecular weight excluding hydrogens is 291 g/mol. The first-order valence-electron chi connectivity index (χ1n) is 6.80. The number of rotatable bonds is 4. The number of pyridine rings is 1. The van der Waals surface area contributed by atoms with Crippen LogP contribution in [0.1, 0.15) is 28.8 Å². The molecule has 108 valence electrons. The van der Waals surface area contributed by atoms with Crippen LogP contribution in [0.4, 0.5) is 4.39 Å². The molecule has 0 aliphatic heterocycles. The Kier molecular flexibility index (Phi) is 3.88. The molecule has 1 aliphatic rings. The molecule has 1 aromatic carbocycles. The van der Waals surface area contributed by atoms with Crippen molar-refractivity contribution in [3.8, 4) is 0 Å². The number of benzene rings is 1. The third-order valence-corrected chi connectivity index (χ3v) is 3.75. The number of carbonyl (C=O) groups is 1. The Morgan fingerprint density at radius 2 is 2.00 bits per heavy atom. The molecule has 0 spiro atoms. The highest BCUT2D eigenvalue weighted by Gasteiger charge is 2.34. The number of carbonyl (C=O) groups excluding carboxylic acids is 1. The summed E-state index contributed by atoms with van der Waals surface area (Å²) >= 11 is 5.73. The van der Waals surface area contributed by atoms with E-state index >= 15 is 0 Å². The quantitative estimate of drug-likeness (QED) is 0.863. The van der Waals surface area contributed by atoms with Gasteiger partial charge in [0.05, 0.1) is 5.56 Å². The van der Waals surface area contributed by atoms with Crippen LogP contribution in [-0.2, 0) is 6.54 Å². The number of hydrogen-bond donors (Lipinski definition) is 0. The van der Waals surface area contributed by atoms with E-state index in [0.717, 1.165) is 18.4 Å². The average molecular weight is 305 g/mol. The lowest BCUT2D eigenvalue weighted by Gasteiger charge is -2.23. The minimum absolute atomic E-state index is 0.0698. The van der Waals surface area contributed by atoms with E-state index in [4.69, 9.17) is 11.6 Å². The first kappa shape index (κ1) is 14.0. The van der Waals surface area contributed by atoms with Gasteiger partial charge < -0.3 is 4.90 Å². The monoisotopic (exact) mass is 304 g/mol. The highest BCUT2D eigenvalue weighted by Crippen LogP contribution is 2.30. The van der Waals surface area contributed by atoms with Gasteiger partial charge in [0.25, 0.3) is 5.91 Å². The van der Waals surface area contributed by atoms with Crippen molar-refractivity contribution < 1.29 is 9.18 Å². The topological polar surface area (TPSA) is 33.2 Å². The highest BCUT2D eigenvalue weighted by molar-refractivity contribution is 6.30. The molecule has 0 bridgehead atoms. The van der Waals surface area contributed by atoms with Gasteiger partial charge in [-0.15, -0.1) is 0 Å². The molecule has 1 aliphatic carbocycles. The first-order chi connectivity index (χ1) is 10.1. The maximum absolute atomic E-state index is 13.9. The molecule has 1 amide bonds. The summed E-state index contributed by atoms with van der Waals surface area (Å²) in [4.78, 5) is 18.3. The summed E-state index contributed by atoms with van der Waals surface area (Å²) in [6.07, 6.45) is 5.31. The van der Waals surface area contributed by atoms with Crippen LogP contribution < -0.4 is 0 Å². The highest BCUT2D eigenvalue weighted by atomic mass is 35.5. The van der Waals surface area contributed by atoms with Gasteiger partial charge in [-0.1, -0.05) is 11.6 Å². The maximum atomic E-state index is 13.9. The van der Waals surface area contributed by atoms with E-state index in [1.165, 1.54) is 18.2 Å². The molecule has 1 heterocycles. The lowest BCUT2D eigenvalue weighted by atomic mass is 10.1. The average Bonchev–Trinajstić information content (AvgIpc) is 3.30. The van der Waals surface area contributed by atoms with Crippen LogP contribution in [0.2, 0.25) is 5.02 Å². The Hall–Kier alpha value is -1.94. The largest absolute Gasteiger partial charge is 0.331 e. The number of halogens is 2. The SMILES string of the molecule is O=C(c1ccc(Cl)cc1F)N(Cc1ccncc1)C1CC1. The maximum Gasteiger partial charge on any atom is 0.257 e. The smallest absolute Gasteiger partial charge is 0.257 e. The molecule has 0 N–H and O–H groups in total. The molecule has 3 rings (SSSR count). The Labute approximate surface area is 127 Å². The molecule has 0 radical (unpaired) electrons. The van der Waals surface area contributed by atoms with E-state index in [-0.39, 0.29) is 22.5 Å². The van der Waals surface area contributed by atoms with Crippen LogP contribution in [0.15, 0.2) is 42.7 Å². The summed E-state index contributed by atoms with van der Waals surface area (Å²) in [5, 5.41) is 0.288. The summed E-state index contributed by atoms with van der Waals surface area (Å²) in [7, 11) is 0. The third-order valence-electron chi connectivity index (χ3n) is 3.51. The predicted molar refractivity (Wildman–Crippen MR) is 78.5 cm³/mol. The van der Waals surface area contributed by atoms with Crippen LogP contribution in [0.3, 0.4) is 0 Å². The Morgan fingerprint density at radius 1 is 1.29 bits per heavy atom. The Balaban J connectivity index is 1.85. The summed E-state index contributed by atoms with van der Waals surface area (Å²) in [5.74, 6) is -0.864. The van der Waals surface area contributed by atoms with Crippen molar-refractivity contribution >= 4 is 17.5 Å². The zero-order valence-corrected chi connectivity index (χ0v) is 12.1. The second kappa shape index (κ2) is 5.82. The van der Waals surface area contributed by atoms with Crippen molar-refractivity contribution in [1.29, 1.82) is 0 Å². The van der Waals surface area contributed by atoms with Gasteiger partial charge in [0.1, 0.15) is 5.82 Å². The van der Waals surface area contributed by atoms with Gasteiger partial charge in [-0.2, -0.15) is 0 Å². The van der Waals surface area contributed by atoms with Crippen LogP contribution in [0.5, 0.6) is 0 Å². The van der Waals surface area contributed by atoms with E-state index < -0.39 is 5.82 Å². The van der Waals surface area contributed by atoms with E-state index in [9.17, 15) is 9.18 Å². The van der Waals surface area contributed by atoms with Crippen molar-refractivity contribution in [2.45, 2.75) is 25.4 Å². The van der Waals surface area contributed by atoms with E-state index in [0.29, 0.717) is 6.54 Å². The zero-order chi connectivity index (χ0) is 14.8. The summed E-state index contributed by atoms with van der Waals surface area (Å²) in [6, 6.07) is 8.08. The summed E-state index contributed by atoms with van der Waals surface area (Å²) in [6.45, 7) is 0.466. The second-order valence-electron chi connectivity index (χ2n) is 5.14. The van der Waals surface area contributed by atoms with Gasteiger partial charge in [0.15, 0.2) is 0 Å². The summed E-state index contributed by atoms with van der Waals surface area (Å²) < 4.78 is 13.9. The normalized spacial score (nSPS) is 14.0. The van der Waals surface area contributed by atoms with Crippen LogP contribution in [-0.4, -0.2) is 21.8 Å². The van der Waals surface area contributed by atoms with Crippen molar-refractivity contribution in [3.05, 3.63) is 64.7 Å². The van der Waals surface area contributed by atoms with Crippen molar-refractivity contribution in [2.24, 2.45) is 0 Å². The molecule has 0 saturated heterocycles. The van der Waals surface area contributed by atoms with Gasteiger partial charge in [0.2, 0.25) is 0 Å². The fraction of sp³-hybridized carbons (Fsp3) is 0.250. The Morgan fingerprint density at radius 3 is 2.62 bits per heavy atom. The van der Waals surface area contributed by atoms with E-state index in [1.54, 1.807) is 17.3 Å². The van der Waals surface area contributed by atoms with Crippen LogP contribution in [0.25, 0.3) is 0 Å². The van der Waals surface area contributed by atoms with Gasteiger partial charge in [-0.05, 0) is 48.7 Å². The minimum Gasteiger partial charge on any atom is -0.331 e. The van der Waals surface area contributed by atoms with Crippen LogP contribution >= 0.6 is 11.6 Å². The lowest BCUT2D eigenvalue weighted by molar-refractivity contribution is 0.0725. The standard InChI is InChI=1S/C16H14ClFN2O/c17-12-1-4-14(15(18)9-12)16(21)20(13-2-3-13)10-11-5-7-19-8-6-11/h1,4-9,13H,2-3,10H2. The predicted octanol–water partition coefficient (Wildman–Crippen LogP) is 3.68. The molecule has 2 aromatic rings. The molecule has 1 fully saturated rings. The molecule has 0 atom stereocenters. The van der Waals surface area contributed by atoms with Crippen molar-refractivity contribution in [2.75, 3.05) is 0 Å². The third kappa shape index (κ3) is 3.22. The number of amides is 1. The molecule has 1 aromatic heterocycles. The fourth-order valence-corrected chi connectivity index (χ4v) is 2.41. The molecule has 1 saturated carbocycles. The Bertz CT molecular complexity index is 659. The first-order valence-corrected chi connectivity index (χ1v) is 7.18. The summed E-state index contributed by atoms with van der Waals surface area (Å²) in [5.41, 5.74) is 1.06. The number of hydrogen-bond acceptors (Lipinski definition) is 2. The molecule has 0 unspecified atom stereocenters. The molecular formula is C16H14ClFN2O. The molecule has 21 heavy (non-hydrogen) atoms. The minimum atomic E-state index is -0.576. The number of aromatic nitrogens is 1. The van der Waals surface area contributed by atoms with Crippen molar-refractivity contribution in [1.82, 2.24) is 9.88 Å². The van der Waals surface area contributed by atoms with Gasteiger partial charge in [0, 0.05) is 30.0 Å². The fourth-order valence-electron chi connectivity index (χ4n) is 2.26. The zero-order valence-electron chi connectivity index (χ0n) is 11.3. The van der Waals surface area contributed by atoms with E-state index in [2.05, 4.69) is 4.98 Å². The van der Waals surface area contributed by atoms with Gasteiger partial charge in [-0.3, -0.25) is 9.78 Å². The molecule has 3 nitrogen and oxygen atoms in total. The molecule has 5 heteroatoms. The second-order valence-corrected chi connectivity index (χ2v) is 5.58. The van der Waals surface area contributed by atoms with Gasteiger partial charge >= 0.3 is 0 Å². The number of nitrogens with zero attached hydrogens (tertiary/aromatic N) is 2. The van der Waals surface area contributed by atoms with Crippen molar-refractivity contribution in [3.63, 3.8) is 0 Å². The lowest BCUT2D eigenvalue weighted by Crippen LogP contribution is -2.33. The van der Waals surface area contributed by atoms with Crippen LogP contribution in [0, 0.1) is 5.82 Å². The van der Waals surface area contributed by atoms with Gasteiger partial charge in [-0.25, -0.2) is 4.39 Å². The van der Waals surface area contributed by atoms with E-state index in [1.807, 2.05) is 12.1 Å².